The summed E-state index contributed by atoms with van der Waals surface area (Å²) in [5, 5.41) is 12.8. The molecule has 1 saturated heterocycles. The molecule has 0 atom stereocenters. The molecule has 44 heavy (non-hydrogen) atoms. The number of amidine groups is 1. The molecular formula is C34H41N5O4S. The van der Waals surface area contributed by atoms with Gasteiger partial charge >= 0.3 is 0 Å². The summed E-state index contributed by atoms with van der Waals surface area (Å²) < 4.78 is 17.4. The number of aromatic nitrogens is 1. The van der Waals surface area contributed by atoms with Crippen LogP contribution in [0.25, 0.3) is 11.3 Å². The molecule has 9 nitrogen and oxygen atoms in total. The monoisotopic (exact) mass is 615 g/mol. The largest absolute Gasteiger partial charge is 0.494 e. The van der Waals surface area contributed by atoms with Crippen LogP contribution in [0.15, 0.2) is 84.0 Å². The Kier molecular flexibility index (Phi) is 11.5. The van der Waals surface area contributed by atoms with Crippen molar-refractivity contribution in [3.05, 3.63) is 94.9 Å². The second-order valence-electron chi connectivity index (χ2n) is 10.8. The molecule has 3 N–H and O–H groups in total. The van der Waals surface area contributed by atoms with Crippen molar-refractivity contribution in [2.24, 2.45) is 10.9 Å². The lowest BCUT2D eigenvalue weighted by molar-refractivity contribution is 0.0347. The topological polar surface area (TPSA) is 106 Å². The van der Waals surface area contributed by atoms with Gasteiger partial charge in [0.25, 0.3) is 0 Å². The average molecular weight is 616 g/mol. The van der Waals surface area contributed by atoms with Gasteiger partial charge < -0.3 is 30.1 Å². The maximum Gasteiger partial charge on any atom is 0.186 e. The number of ether oxygens (including phenoxy) is 3. The minimum absolute atomic E-state index is 0.0827. The normalized spacial score (nSPS) is 14.0. The Morgan fingerprint density at radius 2 is 1.57 bits per heavy atom. The van der Waals surface area contributed by atoms with Crippen molar-refractivity contribution >= 4 is 22.3 Å². The third kappa shape index (κ3) is 8.95. The summed E-state index contributed by atoms with van der Waals surface area (Å²) in [6.45, 7) is 6.40. The molecule has 1 aliphatic heterocycles. The molecule has 0 radical (unpaired) electrons. The number of oxime groups is 1. The number of morpholine rings is 1. The average Bonchev–Trinajstić information content (AvgIpc) is 3.49. The van der Waals surface area contributed by atoms with E-state index in [1.807, 2.05) is 30.3 Å². The molecule has 232 valence electrons. The van der Waals surface area contributed by atoms with Crippen LogP contribution < -0.4 is 20.1 Å². The summed E-state index contributed by atoms with van der Waals surface area (Å²) in [6.07, 6.45) is 2.88. The van der Waals surface area contributed by atoms with Gasteiger partial charge in [-0.1, -0.05) is 46.8 Å². The van der Waals surface area contributed by atoms with E-state index in [-0.39, 0.29) is 5.84 Å². The Hall–Kier alpha value is -4.12. The van der Waals surface area contributed by atoms with Gasteiger partial charge in [-0.15, -0.1) is 0 Å². The number of benzene rings is 3. The van der Waals surface area contributed by atoms with Crippen molar-refractivity contribution in [3.8, 4) is 22.8 Å². The van der Waals surface area contributed by atoms with Crippen molar-refractivity contribution in [2.45, 2.75) is 32.4 Å². The van der Waals surface area contributed by atoms with Gasteiger partial charge in [0.2, 0.25) is 0 Å². The van der Waals surface area contributed by atoms with Gasteiger partial charge in [0.15, 0.2) is 11.0 Å². The second-order valence-corrected chi connectivity index (χ2v) is 11.9. The summed E-state index contributed by atoms with van der Waals surface area (Å²) in [5.41, 5.74) is 9.66. The van der Waals surface area contributed by atoms with Gasteiger partial charge in [-0.2, -0.15) is 0 Å². The van der Waals surface area contributed by atoms with Gasteiger partial charge in [0.1, 0.15) is 11.5 Å². The third-order valence-corrected chi connectivity index (χ3v) is 8.61. The highest BCUT2D eigenvalue weighted by Crippen LogP contribution is 2.35. The number of unbranched alkanes of at least 4 members (excludes halogenated alkanes) is 2. The lowest BCUT2D eigenvalue weighted by atomic mass is 10.1. The molecule has 0 spiro atoms. The van der Waals surface area contributed by atoms with Crippen LogP contribution in [0.3, 0.4) is 0 Å². The van der Waals surface area contributed by atoms with Crippen LogP contribution in [0, 0.1) is 0 Å². The van der Waals surface area contributed by atoms with Crippen molar-refractivity contribution in [2.75, 3.05) is 51.5 Å². The van der Waals surface area contributed by atoms with E-state index in [1.54, 1.807) is 23.5 Å². The summed E-state index contributed by atoms with van der Waals surface area (Å²) in [5.74, 6) is 1.71. The van der Waals surface area contributed by atoms with Crippen LogP contribution in [-0.2, 0) is 17.8 Å². The van der Waals surface area contributed by atoms with E-state index < -0.39 is 0 Å². The Balaban J connectivity index is 1.12. The molecule has 1 aromatic heterocycles. The first-order chi connectivity index (χ1) is 21.6. The van der Waals surface area contributed by atoms with E-state index >= 15 is 0 Å². The SMILES string of the molecule is CN(Cc1ccccc1)c1nc(-c2ccc(OCCCCCOc3ccc(/C(N)=N\O)cc3)cc2)c(CN2CCOCC2)s1. The lowest BCUT2D eigenvalue weighted by Gasteiger charge is -2.26. The fourth-order valence-electron chi connectivity index (χ4n) is 4.97. The summed E-state index contributed by atoms with van der Waals surface area (Å²) in [6, 6.07) is 26.0. The van der Waals surface area contributed by atoms with E-state index in [1.165, 1.54) is 10.4 Å². The molecule has 1 aliphatic rings. The van der Waals surface area contributed by atoms with Crippen LogP contribution in [0.4, 0.5) is 5.13 Å². The minimum atomic E-state index is 0.0827. The smallest absolute Gasteiger partial charge is 0.186 e. The predicted octanol–water partition coefficient (Wildman–Crippen LogP) is 6.00. The number of thiazole rings is 1. The molecule has 3 aromatic carbocycles. The molecule has 0 saturated carbocycles. The highest BCUT2D eigenvalue weighted by Gasteiger charge is 2.20. The van der Waals surface area contributed by atoms with Gasteiger partial charge in [-0.25, -0.2) is 4.98 Å². The van der Waals surface area contributed by atoms with Crippen molar-refractivity contribution < 1.29 is 19.4 Å². The zero-order valence-electron chi connectivity index (χ0n) is 25.2. The highest BCUT2D eigenvalue weighted by atomic mass is 32.1. The van der Waals surface area contributed by atoms with E-state index in [0.717, 1.165) is 86.5 Å². The Bertz CT molecular complexity index is 1460. The first kappa shape index (κ1) is 31.3. The maximum absolute atomic E-state index is 8.76. The number of hydrogen-bond acceptors (Lipinski definition) is 9. The van der Waals surface area contributed by atoms with Crippen molar-refractivity contribution in [1.29, 1.82) is 0 Å². The zero-order valence-corrected chi connectivity index (χ0v) is 26.0. The number of rotatable bonds is 15. The second kappa shape index (κ2) is 16.1. The highest BCUT2D eigenvalue weighted by molar-refractivity contribution is 7.16. The zero-order chi connectivity index (χ0) is 30.6. The molecule has 0 amide bonds. The fourth-order valence-corrected chi connectivity index (χ4v) is 6.06. The van der Waals surface area contributed by atoms with E-state index in [4.69, 9.17) is 30.1 Å². The Labute approximate surface area is 263 Å². The third-order valence-electron chi connectivity index (χ3n) is 7.46. The summed E-state index contributed by atoms with van der Waals surface area (Å²) >= 11 is 1.78. The molecule has 0 aliphatic carbocycles. The summed E-state index contributed by atoms with van der Waals surface area (Å²) in [4.78, 5) is 11.1. The predicted molar refractivity (Wildman–Crippen MR) is 176 cm³/mol. The van der Waals surface area contributed by atoms with Crippen LogP contribution in [0.1, 0.15) is 35.3 Å². The molecule has 4 aromatic rings. The number of anilines is 1. The number of nitrogens with two attached hydrogens (primary N) is 1. The van der Waals surface area contributed by atoms with Gasteiger partial charge in [0.05, 0.1) is 32.1 Å². The molecule has 0 unspecified atom stereocenters. The molecule has 0 bridgehead atoms. The van der Waals surface area contributed by atoms with E-state index in [0.29, 0.717) is 18.8 Å². The molecule has 10 heteroatoms. The Morgan fingerprint density at radius 3 is 2.20 bits per heavy atom. The minimum Gasteiger partial charge on any atom is -0.494 e. The molecular weight excluding hydrogens is 574 g/mol. The standard InChI is InChI=1S/C34H41N5O4S/c1-38(24-26-8-4-2-5-9-26)34-36-32(31(44-34)25-39-18-22-41-23-19-39)27-10-14-29(15-11-27)42-20-6-3-7-21-43-30-16-12-28(13-17-30)33(35)37-40/h2,4-5,8-17,40H,3,6-7,18-25H2,1H3,(H2,35,37). The van der Waals surface area contributed by atoms with Crippen LogP contribution >= 0.6 is 11.3 Å². The van der Waals surface area contributed by atoms with Gasteiger partial charge in [-0.3, -0.25) is 4.90 Å². The number of hydrogen-bond donors (Lipinski definition) is 2. The van der Waals surface area contributed by atoms with Crippen LogP contribution in [0.2, 0.25) is 0 Å². The van der Waals surface area contributed by atoms with Crippen molar-refractivity contribution in [3.63, 3.8) is 0 Å². The van der Waals surface area contributed by atoms with Crippen molar-refractivity contribution in [1.82, 2.24) is 9.88 Å². The first-order valence-electron chi connectivity index (χ1n) is 15.1. The molecule has 2 heterocycles. The number of nitrogens with zero attached hydrogens (tertiary/aromatic N) is 4. The van der Waals surface area contributed by atoms with E-state index in [2.05, 4.69) is 58.4 Å². The quantitative estimate of drug-likeness (QED) is 0.0552. The van der Waals surface area contributed by atoms with Crippen LogP contribution in [0.5, 0.6) is 11.5 Å². The lowest BCUT2D eigenvalue weighted by Crippen LogP contribution is -2.35. The summed E-state index contributed by atoms with van der Waals surface area (Å²) in [7, 11) is 2.11. The fraction of sp³-hybridized carbons (Fsp3) is 0.353. The molecule has 5 rings (SSSR count). The van der Waals surface area contributed by atoms with Crippen LogP contribution in [-0.4, -0.2) is 67.5 Å². The molecule has 1 fully saturated rings. The van der Waals surface area contributed by atoms with Gasteiger partial charge in [0, 0.05) is 49.2 Å². The maximum atomic E-state index is 8.76. The Morgan fingerprint density at radius 1 is 0.932 bits per heavy atom. The first-order valence-corrected chi connectivity index (χ1v) is 15.9. The van der Waals surface area contributed by atoms with Gasteiger partial charge in [-0.05, 0) is 73.4 Å². The van der Waals surface area contributed by atoms with E-state index in [9.17, 15) is 0 Å².